The van der Waals surface area contributed by atoms with Gasteiger partial charge in [0.2, 0.25) is 5.43 Å². The molecule has 2 aliphatic rings. The van der Waals surface area contributed by atoms with Gasteiger partial charge in [-0.05, 0) is 36.1 Å². The number of hydrogen-bond donors (Lipinski definition) is 2. The highest BCUT2D eigenvalue weighted by Crippen LogP contribution is 2.42. The lowest BCUT2D eigenvalue weighted by molar-refractivity contribution is -0.0122. The number of fused-ring (bicyclic) bond motifs is 1. The molecule has 0 atom stereocenters. The van der Waals surface area contributed by atoms with Gasteiger partial charge in [0.25, 0.3) is 5.91 Å². The van der Waals surface area contributed by atoms with E-state index in [0.29, 0.717) is 26.2 Å². The van der Waals surface area contributed by atoms with Crippen LogP contribution in [0.15, 0.2) is 65.6 Å². The molecule has 2 aromatic carbocycles. The van der Waals surface area contributed by atoms with Crippen LogP contribution in [-0.4, -0.2) is 59.6 Å². The number of hydrogen-bond acceptors (Lipinski definition) is 6. The zero-order valence-corrected chi connectivity index (χ0v) is 20.2. The van der Waals surface area contributed by atoms with Gasteiger partial charge in [-0.1, -0.05) is 48.5 Å². The minimum atomic E-state index is -0.723. The molecule has 0 unspecified atom stereocenters. The van der Waals surface area contributed by atoms with Crippen molar-refractivity contribution in [2.45, 2.75) is 25.6 Å². The van der Waals surface area contributed by atoms with E-state index in [0.717, 1.165) is 22.3 Å². The normalized spacial score (nSPS) is 16.5. The third-order valence-electron chi connectivity index (χ3n) is 7.21. The van der Waals surface area contributed by atoms with Crippen LogP contribution >= 0.6 is 0 Å². The molecule has 3 heterocycles. The second kappa shape index (κ2) is 8.87. The number of carbonyl (C=O) groups is 1. The van der Waals surface area contributed by atoms with Gasteiger partial charge in [0.1, 0.15) is 0 Å². The summed E-state index contributed by atoms with van der Waals surface area (Å²) in [5, 5.41) is 16.3. The van der Waals surface area contributed by atoms with Crippen LogP contribution in [0.1, 0.15) is 38.8 Å². The Bertz CT molecular complexity index is 1290. The summed E-state index contributed by atoms with van der Waals surface area (Å²) in [6, 6.07) is 17.4. The molecule has 2 aliphatic heterocycles. The summed E-state index contributed by atoms with van der Waals surface area (Å²) < 4.78 is 7.02. The van der Waals surface area contributed by atoms with Crippen LogP contribution in [-0.2, 0) is 4.74 Å². The molecule has 0 saturated carbocycles. The molecule has 182 valence electrons. The van der Waals surface area contributed by atoms with Gasteiger partial charge in [0, 0.05) is 39.0 Å². The third-order valence-corrected chi connectivity index (χ3v) is 7.21. The van der Waals surface area contributed by atoms with Crippen molar-refractivity contribution in [3.63, 3.8) is 0 Å². The van der Waals surface area contributed by atoms with E-state index in [1.54, 1.807) is 22.9 Å². The predicted molar refractivity (Wildman–Crippen MR) is 133 cm³/mol. The van der Waals surface area contributed by atoms with E-state index >= 15 is 0 Å². The predicted octanol–water partition coefficient (Wildman–Crippen LogP) is 2.30. The zero-order chi connectivity index (χ0) is 24.7. The van der Waals surface area contributed by atoms with Gasteiger partial charge in [-0.25, -0.2) is 0 Å². The first-order chi connectivity index (χ1) is 16.9. The lowest BCUT2D eigenvalue weighted by Gasteiger charge is -2.62. The standard InChI is InChI=1S/C27H30N4O4/c1-18-8-4-6-10-20(18)23(21-11-7-5-9-19(21)2)31-27(16-28-17-27)29(14-15-35-3)26(34)24-25(33)22(32)12-13-30(24)31/h4-13,23,28,33H,14-17H2,1-3H3. The molecular weight excluding hydrogens is 444 g/mol. The minimum Gasteiger partial charge on any atom is -0.502 e. The minimum absolute atomic E-state index is 0.0294. The van der Waals surface area contributed by atoms with E-state index in [1.807, 2.05) is 24.3 Å². The Kier molecular flexibility index (Phi) is 5.86. The Balaban J connectivity index is 1.84. The number of benzene rings is 2. The molecule has 3 aromatic rings. The fourth-order valence-electron chi connectivity index (χ4n) is 5.31. The van der Waals surface area contributed by atoms with E-state index < -0.39 is 16.8 Å². The summed E-state index contributed by atoms with van der Waals surface area (Å²) in [4.78, 5) is 28.0. The lowest BCUT2D eigenvalue weighted by atomic mass is 9.87. The van der Waals surface area contributed by atoms with Crippen LogP contribution in [0.25, 0.3) is 0 Å². The molecule has 1 spiro atoms. The number of nitrogens with one attached hydrogen (secondary N) is 1. The largest absolute Gasteiger partial charge is 0.502 e. The van der Waals surface area contributed by atoms with E-state index in [2.05, 4.69) is 48.4 Å². The highest BCUT2D eigenvalue weighted by atomic mass is 16.5. The smallest absolute Gasteiger partial charge is 0.278 e. The maximum atomic E-state index is 13.8. The number of nitrogens with zero attached hydrogens (tertiary/aromatic N) is 3. The lowest BCUT2D eigenvalue weighted by Crippen LogP contribution is -2.83. The highest BCUT2D eigenvalue weighted by molar-refractivity contribution is 5.97. The highest BCUT2D eigenvalue weighted by Gasteiger charge is 2.57. The number of methoxy groups -OCH3 is 1. The van der Waals surface area contributed by atoms with E-state index in [1.165, 1.54) is 6.07 Å². The number of aromatic hydroxyl groups is 1. The van der Waals surface area contributed by atoms with E-state index in [4.69, 9.17) is 4.74 Å². The van der Waals surface area contributed by atoms with Crippen molar-refractivity contribution >= 4 is 5.91 Å². The van der Waals surface area contributed by atoms with Crippen molar-refractivity contribution in [3.8, 4) is 5.75 Å². The number of pyridine rings is 1. The first-order valence-corrected chi connectivity index (χ1v) is 11.8. The van der Waals surface area contributed by atoms with E-state index in [-0.39, 0.29) is 17.6 Å². The summed E-state index contributed by atoms with van der Waals surface area (Å²) in [5.74, 6) is -0.927. The quantitative estimate of drug-likeness (QED) is 0.570. The maximum absolute atomic E-state index is 13.8. The monoisotopic (exact) mass is 474 g/mol. The van der Waals surface area contributed by atoms with Gasteiger partial charge < -0.3 is 20.1 Å². The molecule has 1 fully saturated rings. The number of amides is 1. The average molecular weight is 475 g/mol. The second-order valence-electron chi connectivity index (χ2n) is 9.22. The molecule has 0 bridgehead atoms. The average Bonchev–Trinajstić information content (AvgIpc) is 2.82. The molecule has 8 nitrogen and oxygen atoms in total. The summed E-state index contributed by atoms with van der Waals surface area (Å²) >= 11 is 0. The molecule has 8 heteroatoms. The molecule has 1 amide bonds. The Morgan fingerprint density at radius 1 is 1.00 bits per heavy atom. The number of ether oxygens (including phenoxy) is 1. The Hall–Kier alpha value is -3.62. The molecule has 1 saturated heterocycles. The van der Waals surface area contributed by atoms with Gasteiger partial charge in [0.15, 0.2) is 17.1 Å². The SMILES string of the molecule is COCCN1C(=O)c2c(O)c(=O)ccn2N(C(c2ccccc2C)c2ccccc2C)C12CNC2. The fourth-order valence-corrected chi connectivity index (χ4v) is 5.31. The molecular formula is C27H30N4O4. The van der Waals surface area contributed by atoms with Crippen LogP contribution in [0.3, 0.4) is 0 Å². The molecule has 1 aromatic heterocycles. The van der Waals surface area contributed by atoms with Gasteiger partial charge in [-0.15, -0.1) is 0 Å². The summed E-state index contributed by atoms with van der Waals surface area (Å²) in [5.41, 5.74) is 3.04. The Labute approximate surface area is 204 Å². The van der Waals surface area contributed by atoms with Crippen molar-refractivity contribution in [3.05, 3.63) is 99.0 Å². The van der Waals surface area contributed by atoms with Crippen LogP contribution < -0.4 is 15.8 Å². The van der Waals surface area contributed by atoms with Crippen LogP contribution in [0.5, 0.6) is 5.75 Å². The summed E-state index contributed by atoms with van der Waals surface area (Å²) in [6.45, 7) is 5.87. The van der Waals surface area contributed by atoms with Gasteiger partial charge in [0.05, 0.1) is 12.6 Å². The van der Waals surface area contributed by atoms with Crippen molar-refractivity contribution in [2.24, 2.45) is 0 Å². The first kappa shape index (κ1) is 23.1. The molecule has 35 heavy (non-hydrogen) atoms. The summed E-state index contributed by atoms with van der Waals surface area (Å²) in [6.07, 6.45) is 1.60. The zero-order valence-electron chi connectivity index (χ0n) is 20.2. The van der Waals surface area contributed by atoms with Crippen molar-refractivity contribution in [1.29, 1.82) is 0 Å². The number of rotatable bonds is 6. The molecule has 5 rings (SSSR count). The number of aromatic nitrogens is 1. The van der Waals surface area contributed by atoms with E-state index in [9.17, 15) is 14.7 Å². The van der Waals surface area contributed by atoms with Gasteiger partial charge in [-0.2, -0.15) is 0 Å². The summed E-state index contributed by atoms with van der Waals surface area (Å²) in [7, 11) is 1.59. The van der Waals surface area contributed by atoms with Crippen LogP contribution in [0.2, 0.25) is 0 Å². The van der Waals surface area contributed by atoms with Gasteiger partial charge >= 0.3 is 0 Å². The molecule has 0 aliphatic carbocycles. The van der Waals surface area contributed by atoms with Crippen molar-refractivity contribution < 1.29 is 14.6 Å². The molecule has 0 radical (unpaired) electrons. The fraction of sp³-hybridized carbons (Fsp3) is 0.333. The Morgan fingerprint density at radius 3 is 2.11 bits per heavy atom. The van der Waals surface area contributed by atoms with Crippen LogP contribution in [0, 0.1) is 13.8 Å². The van der Waals surface area contributed by atoms with Crippen molar-refractivity contribution in [1.82, 2.24) is 14.9 Å². The maximum Gasteiger partial charge on any atom is 0.278 e. The van der Waals surface area contributed by atoms with Gasteiger partial charge in [-0.3, -0.25) is 19.3 Å². The number of carbonyl (C=O) groups excluding carboxylic acids is 1. The first-order valence-electron chi connectivity index (χ1n) is 11.8. The number of aryl methyl sites for hydroxylation is 2. The second-order valence-corrected chi connectivity index (χ2v) is 9.22. The van der Waals surface area contributed by atoms with Crippen LogP contribution in [0.4, 0.5) is 0 Å². The topological polar surface area (TPSA) is 87.0 Å². The van der Waals surface area contributed by atoms with Crippen molar-refractivity contribution in [2.75, 3.05) is 38.4 Å². The Morgan fingerprint density at radius 2 is 1.60 bits per heavy atom. The third kappa shape index (κ3) is 3.52. The molecule has 2 N–H and O–H groups in total.